The molecule has 0 saturated carbocycles. The van der Waals surface area contributed by atoms with E-state index in [1.807, 2.05) is 31.6 Å². The number of ether oxygens (including phenoxy) is 1. The summed E-state index contributed by atoms with van der Waals surface area (Å²) in [7, 11) is 3.54. The predicted molar refractivity (Wildman–Crippen MR) is 69.6 cm³/mol. The molecule has 0 aliphatic heterocycles. The van der Waals surface area contributed by atoms with E-state index in [1.54, 1.807) is 13.3 Å². The highest BCUT2D eigenvalue weighted by atomic mass is 16.5. The summed E-state index contributed by atoms with van der Waals surface area (Å²) in [5.41, 5.74) is 0.989. The molecule has 1 N–H and O–H groups in total. The molecule has 1 unspecified atom stereocenters. The smallest absolute Gasteiger partial charge is 0.218 e. The van der Waals surface area contributed by atoms with Crippen molar-refractivity contribution >= 4 is 0 Å². The lowest BCUT2D eigenvalue weighted by atomic mass is 10.1. The number of pyridine rings is 1. The molecule has 2 rings (SSSR count). The average molecular weight is 246 g/mol. The minimum Gasteiger partial charge on any atom is -0.481 e. The molecule has 0 aromatic carbocycles. The zero-order valence-electron chi connectivity index (χ0n) is 10.9. The maximum absolute atomic E-state index is 5.31. The van der Waals surface area contributed by atoms with Gasteiger partial charge in [-0.25, -0.2) is 9.97 Å². The first-order valence-electron chi connectivity index (χ1n) is 5.99. The second kappa shape index (κ2) is 5.64. The van der Waals surface area contributed by atoms with Gasteiger partial charge in [-0.3, -0.25) is 0 Å². The van der Waals surface area contributed by atoms with Gasteiger partial charge in [-0.1, -0.05) is 6.07 Å². The van der Waals surface area contributed by atoms with Gasteiger partial charge in [0.2, 0.25) is 5.88 Å². The topological polar surface area (TPSA) is 52.0 Å². The van der Waals surface area contributed by atoms with Crippen molar-refractivity contribution in [1.29, 1.82) is 0 Å². The zero-order chi connectivity index (χ0) is 13.0. The van der Waals surface area contributed by atoms with Crippen molar-refractivity contribution in [2.45, 2.75) is 19.5 Å². The summed E-state index contributed by atoms with van der Waals surface area (Å²) in [5.74, 6) is 1.59. The van der Waals surface area contributed by atoms with Crippen LogP contribution >= 0.6 is 0 Å². The molecule has 0 aliphatic carbocycles. The number of nitrogens with zero attached hydrogens (tertiary/aromatic N) is 3. The molecule has 2 aromatic rings. The summed E-state index contributed by atoms with van der Waals surface area (Å²) in [5, 5.41) is 3.27. The van der Waals surface area contributed by atoms with Gasteiger partial charge in [-0.05, 0) is 20.0 Å². The van der Waals surface area contributed by atoms with Crippen LogP contribution in [-0.4, -0.2) is 28.7 Å². The number of hydrogen-bond donors (Lipinski definition) is 1. The second-order valence-electron chi connectivity index (χ2n) is 3.90. The Balaban J connectivity index is 2.45. The summed E-state index contributed by atoms with van der Waals surface area (Å²) in [6.07, 6.45) is 5.51. The van der Waals surface area contributed by atoms with Gasteiger partial charge in [-0.15, -0.1) is 0 Å². The third-order valence-corrected chi connectivity index (χ3v) is 2.94. The van der Waals surface area contributed by atoms with E-state index >= 15 is 0 Å². The molecular formula is C13H18N4O. The molecule has 0 aliphatic rings. The molecule has 0 amide bonds. The van der Waals surface area contributed by atoms with Gasteiger partial charge >= 0.3 is 0 Å². The molecule has 18 heavy (non-hydrogen) atoms. The normalized spacial score (nSPS) is 12.4. The molecule has 0 fully saturated rings. The van der Waals surface area contributed by atoms with E-state index in [0.717, 1.165) is 17.9 Å². The highest BCUT2D eigenvalue weighted by Gasteiger charge is 2.20. The molecule has 0 bridgehead atoms. The zero-order valence-corrected chi connectivity index (χ0v) is 10.9. The van der Waals surface area contributed by atoms with E-state index in [-0.39, 0.29) is 6.04 Å². The van der Waals surface area contributed by atoms with E-state index in [9.17, 15) is 0 Å². The van der Waals surface area contributed by atoms with Crippen LogP contribution in [0.4, 0.5) is 0 Å². The van der Waals surface area contributed by atoms with Gasteiger partial charge in [0.1, 0.15) is 5.82 Å². The third kappa shape index (κ3) is 2.22. The van der Waals surface area contributed by atoms with Crippen LogP contribution in [0.2, 0.25) is 0 Å². The van der Waals surface area contributed by atoms with Crippen molar-refractivity contribution in [3.8, 4) is 5.88 Å². The molecule has 0 spiro atoms. The lowest BCUT2D eigenvalue weighted by Crippen LogP contribution is -2.22. The SMILES string of the molecule is CCn1ccnc1C(NC)c1cccnc1OC. The number of nitrogens with one attached hydrogen (secondary N) is 1. The summed E-state index contributed by atoms with van der Waals surface area (Å²) < 4.78 is 7.42. The predicted octanol–water partition coefficient (Wildman–Crippen LogP) is 1.62. The minimum absolute atomic E-state index is 0.0244. The van der Waals surface area contributed by atoms with Crippen molar-refractivity contribution in [3.63, 3.8) is 0 Å². The first-order chi connectivity index (χ1) is 8.81. The fourth-order valence-electron chi connectivity index (χ4n) is 2.07. The summed E-state index contributed by atoms with van der Waals surface area (Å²) >= 11 is 0. The maximum atomic E-state index is 5.31. The Hall–Kier alpha value is -1.88. The number of rotatable bonds is 5. The molecule has 0 radical (unpaired) electrons. The minimum atomic E-state index is -0.0244. The Labute approximate surface area is 107 Å². The van der Waals surface area contributed by atoms with Crippen LogP contribution in [0.3, 0.4) is 0 Å². The number of aromatic nitrogens is 3. The lowest BCUT2D eigenvalue weighted by molar-refractivity contribution is 0.386. The molecular weight excluding hydrogens is 228 g/mol. The quantitative estimate of drug-likeness (QED) is 0.871. The molecule has 2 heterocycles. The summed E-state index contributed by atoms with van der Waals surface area (Å²) in [6.45, 7) is 2.98. The monoisotopic (exact) mass is 246 g/mol. The number of hydrogen-bond acceptors (Lipinski definition) is 4. The fraction of sp³-hybridized carbons (Fsp3) is 0.385. The standard InChI is InChI=1S/C13H18N4O/c1-4-17-9-8-15-12(17)11(14-2)10-6-5-7-16-13(10)18-3/h5-9,11,14H,4H2,1-3H3. The van der Waals surface area contributed by atoms with Gasteiger partial charge in [-0.2, -0.15) is 0 Å². The number of aryl methyl sites for hydroxylation is 1. The van der Waals surface area contributed by atoms with E-state index in [0.29, 0.717) is 5.88 Å². The van der Waals surface area contributed by atoms with Crippen LogP contribution in [0, 0.1) is 0 Å². The van der Waals surface area contributed by atoms with Gasteiger partial charge in [0.05, 0.1) is 13.2 Å². The van der Waals surface area contributed by atoms with E-state index in [4.69, 9.17) is 4.74 Å². The highest BCUT2D eigenvalue weighted by Crippen LogP contribution is 2.26. The molecule has 5 nitrogen and oxygen atoms in total. The van der Waals surface area contributed by atoms with Crippen LogP contribution in [0.1, 0.15) is 24.4 Å². The Bertz CT molecular complexity index is 509. The summed E-state index contributed by atoms with van der Waals surface area (Å²) in [6, 6.07) is 3.88. The maximum Gasteiger partial charge on any atom is 0.218 e. The van der Waals surface area contributed by atoms with E-state index < -0.39 is 0 Å². The van der Waals surface area contributed by atoms with Crippen LogP contribution in [0.15, 0.2) is 30.7 Å². The number of imidazole rings is 1. The first-order valence-corrected chi connectivity index (χ1v) is 5.99. The van der Waals surface area contributed by atoms with E-state index in [1.165, 1.54) is 0 Å². The van der Waals surface area contributed by atoms with Gasteiger partial charge in [0.15, 0.2) is 0 Å². The van der Waals surface area contributed by atoms with Crippen LogP contribution in [-0.2, 0) is 6.54 Å². The number of methoxy groups -OCH3 is 1. The molecule has 1 atom stereocenters. The molecule has 0 saturated heterocycles. The van der Waals surface area contributed by atoms with Crippen molar-refractivity contribution < 1.29 is 4.74 Å². The second-order valence-corrected chi connectivity index (χ2v) is 3.90. The molecule has 2 aromatic heterocycles. The molecule has 5 heteroatoms. The first kappa shape index (κ1) is 12.6. The average Bonchev–Trinajstić information content (AvgIpc) is 2.88. The Morgan fingerprint density at radius 2 is 2.22 bits per heavy atom. The van der Waals surface area contributed by atoms with Crippen molar-refractivity contribution in [1.82, 2.24) is 19.9 Å². The van der Waals surface area contributed by atoms with Crippen molar-refractivity contribution in [2.24, 2.45) is 0 Å². The largest absolute Gasteiger partial charge is 0.481 e. The fourth-order valence-corrected chi connectivity index (χ4v) is 2.07. The van der Waals surface area contributed by atoms with E-state index in [2.05, 4.69) is 26.8 Å². The van der Waals surface area contributed by atoms with Crippen molar-refractivity contribution in [2.75, 3.05) is 14.2 Å². The summed E-state index contributed by atoms with van der Waals surface area (Å²) in [4.78, 5) is 8.66. The molecule has 96 valence electrons. The van der Waals surface area contributed by atoms with Gasteiger partial charge < -0.3 is 14.6 Å². The van der Waals surface area contributed by atoms with Crippen LogP contribution in [0.5, 0.6) is 5.88 Å². The Morgan fingerprint density at radius 1 is 1.39 bits per heavy atom. The van der Waals surface area contributed by atoms with Crippen LogP contribution < -0.4 is 10.1 Å². The van der Waals surface area contributed by atoms with Gasteiger partial charge in [0, 0.05) is 30.7 Å². The van der Waals surface area contributed by atoms with Gasteiger partial charge in [0.25, 0.3) is 0 Å². The third-order valence-electron chi connectivity index (χ3n) is 2.94. The highest BCUT2D eigenvalue weighted by molar-refractivity contribution is 5.33. The van der Waals surface area contributed by atoms with Crippen LogP contribution in [0.25, 0.3) is 0 Å². The van der Waals surface area contributed by atoms with Crippen molar-refractivity contribution in [3.05, 3.63) is 42.1 Å². The lowest BCUT2D eigenvalue weighted by Gasteiger charge is -2.19. The Morgan fingerprint density at radius 3 is 2.89 bits per heavy atom. The Kier molecular flexibility index (Phi) is 3.94.